The number of hydrogen-bond acceptors (Lipinski definition) is 3. The molecule has 1 aromatic rings. The third-order valence-electron chi connectivity index (χ3n) is 3.14. The van der Waals surface area contributed by atoms with Crippen LogP contribution >= 0.6 is 0 Å². The highest BCUT2D eigenvalue weighted by Gasteiger charge is 2.28. The minimum Gasteiger partial charge on any atom is -0.496 e. The molecule has 0 spiro atoms. The second kappa shape index (κ2) is 5.58. The van der Waals surface area contributed by atoms with Gasteiger partial charge in [-0.3, -0.25) is 5.32 Å². The molecule has 4 heteroatoms. The van der Waals surface area contributed by atoms with Gasteiger partial charge in [0.25, 0.3) is 0 Å². The van der Waals surface area contributed by atoms with E-state index in [2.05, 4.69) is 11.4 Å². The molecule has 0 bridgehead atoms. The number of hydrogen-bond donors (Lipinski definition) is 1. The van der Waals surface area contributed by atoms with E-state index in [1.165, 1.54) is 12.1 Å². The summed E-state index contributed by atoms with van der Waals surface area (Å²) in [6.07, 6.45) is 0. The number of halogens is 1. The van der Waals surface area contributed by atoms with Crippen LogP contribution in [0.5, 0.6) is 5.75 Å². The standard InChI is InChI=1S/C15H21FN2O/c1-14(2,10-18-15(3,4)9-17)12-8-11(16)6-7-13(12)19-5/h6-8,18H,10H2,1-5H3. The number of rotatable bonds is 5. The normalized spacial score (nSPS) is 12.1. The van der Waals surface area contributed by atoms with Crippen LogP contribution in [0, 0.1) is 17.1 Å². The van der Waals surface area contributed by atoms with Crippen molar-refractivity contribution in [1.29, 1.82) is 5.26 Å². The van der Waals surface area contributed by atoms with Crippen LogP contribution in [0.3, 0.4) is 0 Å². The lowest BCUT2D eigenvalue weighted by Gasteiger charge is -2.30. The van der Waals surface area contributed by atoms with Crippen molar-refractivity contribution in [2.75, 3.05) is 13.7 Å². The lowest BCUT2D eigenvalue weighted by Crippen LogP contribution is -2.44. The smallest absolute Gasteiger partial charge is 0.123 e. The summed E-state index contributed by atoms with van der Waals surface area (Å²) >= 11 is 0. The minimum absolute atomic E-state index is 0.289. The maximum Gasteiger partial charge on any atom is 0.123 e. The fourth-order valence-corrected chi connectivity index (χ4v) is 1.79. The Morgan fingerprint density at radius 1 is 1.32 bits per heavy atom. The van der Waals surface area contributed by atoms with E-state index in [1.54, 1.807) is 13.2 Å². The second-order valence-corrected chi connectivity index (χ2v) is 5.82. The fourth-order valence-electron chi connectivity index (χ4n) is 1.79. The van der Waals surface area contributed by atoms with Gasteiger partial charge in [0.15, 0.2) is 0 Å². The van der Waals surface area contributed by atoms with Crippen molar-refractivity contribution in [2.24, 2.45) is 0 Å². The van der Waals surface area contributed by atoms with Crippen molar-refractivity contribution in [1.82, 2.24) is 5.32 Å². The average Bonchev–Trinajstić information content (AvgIpc) is 2.37. The molecule has 0 atom stereocenters. The summed E-state index contributed by atoms with van der Waals surface area (Å²) in [6, 6.07) is 6.68. The van der Waals surface area contributed by atoms with E-state index in [4.69, 9.17) is 10.00 Å². The highest BCUT2D eigenvalue weighted by atomic mass is 19.1. The number of methoxy groups -OCH3 is 1. The molecular formula is C15H21FN2O. The predicted octanol–water partition coefficient (Wildman–Crippen LogP) is 3.00. The first-order valence-corrected chi connectivity index (χ1v) is 6.22. The molecule has 0 aromatic heterocycles. The molecule has 0 heterocycles. The van der Waals surface area contributed by atoms with Crippen LogP contribution in [0.25, 0.3) is 0 Å². The first kappa shape index (κ1) is 15.5. The van der Waals surface area contributed by atoms with E-state index in [-0.39, 0.29) is 11.2 Å². The van der Waals surface area contributed by atoms with Crippen molar-refractivity contribution in [3.63, 3.8) is 0 Å². The number of ether oxygens (including phenoxy) is 1. The third kappa shape index (κ3) is 3.93. The van der Waals surface area contributed by atoms with Crippen LogP contribution in [0.4, 0.5) is 4.39 Å². The lowest BCUT2D eigenvalue weighted by atomic mass is 9.83. The Hall–Kier alpha value is -1.60. The van der Waals surface area contributed by atoms with E-state index >= 15 is 0 Å². The van der Waals surface area contributed by atoms with Crippen LogP contribution < -0.4 is 10.1 Å². The van der Waals surface area contributed by atoms with E-state index < -0.39 is 5.54 Å². The molecule has 19 heavy (non-hydrogen) atoms. The quantitative estimate of drug-likeness (QED) is 0.889. The van der Waals surface area contributed by atoms with Gasteiger partial charge >= 0.3 is 0 Å². The Balaban J connectivity index is 3.00. The highest BCUT2D eigenvalue weighted by Crippen LogP contribution is 2.32. The number of nitrogens with one attached hydrogen (secondary N) is 1. The zero-order valence-electron chi connectivity index (χ0n) is 12.2. The molecular weight excluding hydrogens is 243 g/mol. The fraction of sp³-hybridized carbons (Fsp3) is 0.533. The molecule has 1 aromatic carbocycles. The van der Waals surface area contributed by atoms with Crippen LogP contribution in [0.1, 0.15) is 33.3 Å². The molecule has 0 aliphatic carbocycles. The van der Waals surface area contributed by atoms with E-state index in [1.807, 2.05) is 27.7 Å². The minimum atomic E-state index is -0.613. The molecule has 0 aliphatic heterocycles. The van der Waals surface area contributed by atoms with E-state index in [0.29, 0.717) is 12.3 Å². The number of nitriles is 1. The van der Waals surface area contributed by atoms with Gasteiger partial charge in [0.2, 0.25) is 0 Å². The van der Waals surface area contributed by atoms with Gasteiger partial charge in [0, 0.05) is 17.5 Å². The van der Waals surface area contributed by atoms with Crippen LogP contribution in [0.2, 0.25) is 0 Å². The van der Waals surface area contributed by atoms with Gasteiger partial charge in [-0.2, -0.15) is 5.26 Å². The maximum atomic E-state index is 13.4. The Kier molecular flexibility index (Phi) is 4.54. The van der Waals surface area contributed by atoms with Crippen LogP contribution in [0.15, 0.2) is 18.2 Å². The third-order valence-corrected chi connectivity index (χ3v) is 3.14. The molecule has 1 N–H and O–H groups in total. The largest absolute Gasteiger partial charge is 0.496 e. The van der Waals surface area contributed by atoms with Crippen molar-refractivity contribution in [2.45, 2.75) is 38.6 Å². The summed E-state index contributed by atoms with van der Waals surface area (Å²) in [5, 5.41) is 12.2. The van der Waals surface area contributed by atoms with Gasteiger partial charge in [-0.05, 0) is 32.0 Å². The topological polar surface area (TPSA) is 45.0 Å². The molecule has 0 amide bonds. The summed E-state index contributed by atoms with van der Waals surface area (Å²) < 4.78 is 18.7. The molecule has 1 rings (SSSR count). The van der Waals surface area contributed by atoms with Gasteiger partial charge in [0.05, 0.1) is 13.2 Å². The SMILES string of the molecule is COc1ccc(F)cc1C(C)(C)CNC(C)(C)C#N. The van der Waals surface area contributed by atoms with Gasteiger partial charge in [0.1, 0.15) is 17.1 Å². The maximum absolute atomic E-state index is 13.4. The summed E-state index contributed by atoms with van der Waals surface area (Å²) in [6.45, 7) is 8.15. The second-order valence-electron chi connectivity index (χ2n) is 5.82. The Morgan fingerprint density at radius 2 is 1.95 bits per heavy atom. The average molecular weight is 264 g/mol. The Morgan fingerprint density at radius 3 is 2.47 bits per heavy atom. The van der Waals surface area contributed by atoms with Gasteiger partial charge in [-0.25, -0.2) is 4.39 Å². The first-order chi connectivity index (χ1) is 8.72. The van der Waals surface area contributed by atoms with Crippen LogP contribution in [-0.2, 0) is 5.41 Å². The molecule has 0 radical (unpaired) electrons. The predicted molar refractivity (Wildman–Crippen MR) is 73.7 cm³/mol. The van der Waals surface area contributed by atoms with Gasteiger partial charge in [-0.1, -0.05) is 13.8 Å². The summed E-state index contributed by atoms with van der Waals surface area (Å²) in [5.74, 6) is 0.367. The van der Waals surface area contributed by atoms with Crippen molar-refractivity contribution in [3.05, 3.63) is 29.6 Å². The van der Waals surface area contributed by atoms with Crippen LogP contribution in [-0.4, -0.2) is 19.2 Å². The zero-order chi connectivity index (χ0) is 14.7. The van der Waals surface area contributed by atoms with Crippen molar-refractivity contribution >= 4 is 0 Å². The summed E-state index contributed by atoms with van der Waals surface area (Å²) in [5.41, 5.74) is -0.171. The lowest BCUT2D eigenvalue weighted by molar-refractivity contribution is 0.364. The highest BCUT2D eigenvalue weighted by molar-refractivity contribution is 5.39. The zero-order valence-corrected chi connectivity index (χ0v) is 12.2. The van der Waals surface area contributed by atoms with Crippen molar-refractivity contribution in [3.8, 4) is 11.8 Å². The van der Waals surface area contributed by atoms with Crippen molar-refractivity contribution < 1.29 is 9.13 Å². The number of nitrogens with zero attached hydrogens (tertiary/aromatic N) is 1. The molecule has 0 saturated heterocycles. The van der Waals surface area contributed by atoms with E-state index in [0.717, 1.165) is 5.56 Å². The molecule has 0 aliphatic rings. The Bertz CT molecular complexity index is 489. The summed E-state index contributed by atoms with van der Waals surface area (Å²) in [7, 11) is 1.57. The summed E-state index contributed by atoms with van der Waals surface area (Å²) in [4.78, 5) is 0. The van der Waals surface area contributed by atoms with E-state index in [9.17, 15) is 4.39 Å². The van der Waals surface area contributed by atoms with Gasteiger partial charge in [-0.15, -0.1) is 0 Å². The molecule has 0 fully saturated rings. The molecule has 0 unspecified atom stereocenters. The first-order valence-electron chi connectivity index (χ1n) is 6.22. The molecule has 104 valence electrons. The molecule has 3 nitrogen and oxygen atoms in total. The molecule has 0 saturated carbocycles. The Labute approximate surface area is 114 Å². The monoisotopic (exact) mass is 264 g/mol. The number of benzene rings is 1. The van der Waals surface area contributed by atoms with Gasteiger partial charge < -0.3 is 4.74 Å².